The first-order chi connectivity index (χ1) is 11.5. The van der Waals surface area contributed by atoms with Crippen molar-refractivity contribution in [2.24, 2.45) is 0 Å². The Bertz CT molecular complexity index is 725. The summed E-state index contributed by atoms with van der Waals surface area (Å²) in [5, 5.41) is 0.590. The van der Waals surface area contributed by atoms with Gasteiger partial charge in [-0.2, -0.15) is 0 Å². The molecular formula is C18H17ClO5. The molecule has 0 heterocycles. The number of hydrogen-bond acceptors (Lipinski definition) is 5. The average molecular weight is 349 g/mol. The first-order valence-electron chi connectivity index (χ1n) is 7.18. The van der Waals surface area contributed by atoms with E-state index in [0.29, 0.717) is 22.1 Å². The van der Waals surface area contributed by atoms with Gasteiger partial charge in [-0.05, 0) is 35.9 Å². The van der Waals surface area contributed by atoms with Gasteiger partial charge in [-0.15, -0.1) is 0 Å². The van der Waals surface area contributed by atoms with Crippen LogP contribution in [0.5, 0.6) is 11.5 Å². The van der Waals surface area contributed by atoms with Crippen molar-refractivity contribution >= 4 is 23.4 Å². The van der Waals surface area contributed by atoms with Crippen molar-refractivity contribution in [3.63, 3.8) is 0 Å². The van der Waals surface area contributed by atoms with Gasteiger partial charge in [0.25, 0.3) is 0 Å². The van der Waals surface area contributed by atoms with E-state index in [1.807, 2.05) is 0 Å². The van der Waals surface area contributed by atoms with E-state index >= 15 is 0 Å². The molecule has 0 bridgehead atoms. The van der Waals surface area contributed by atoms with Gasteiger partial charge in [-0.25, -0.2) is 0 Å². The minimum Gasteiger partial charge on any atom is -0.497 e. The van der Waals surface area contributed by atoms with Crippen LogP contribution in [0.2, 0.25) is 5.02 Å². The summed E-state index contributed by atoms with van der Waals surface area (Å²) >= 11 is 5.79. The van der Waals surface area contributed by atoms with Crippen molar-refractivity contribution < 1.29 is 23.8 Å². The number of carbonyl (C=O) groups is 2. The van der Waals surface area contributed by atoms with Crippen LogP contribution in [-0.4, -0.2) is 32.6 Å². The molecule has 0 saturated carbocycles. The molecule has 6 heteroatoms. The molecule has 0 fully saturated rings. The summed E-state index contributed by atoms with van der Waals surface area (Å²) < 4.78 is 15.3. The fourth-order valence-corrected chi connectivity index (χ4v) is 2.20. The number of halogens is 1. The molecule has 0 spiro atoms. The number of esters is 1. The molecule has 2 rings (SSSR count). The normalized spacial score (nSPS) is 10.1. The van der Waals surface area contributed by atoms with Crippen molar-refractivity contribution in [2.45, 2.75) is 6.42 Å². The predicted molar refractivity (Wildman–Crippen MR) is 90.0 cm³/mol. The molecule has 0 saturated heterocycles. The number of benzene rings is 2. The van der Waals surface area contributed by atoms with Gasteiger partial charge in [-0.1, -0.05) is 23.7 Å². The lowest BCUT2D eigenvalue weighted by molar-refractivity contribution is -0.141. The van der Waals surface area contributed by atoms with Crippen LogP contribution in [0.1, 0.15) is 15.9 Å². The first kappa shape index (κ1) is 17.8. The third-order valence-corrected chi connectivity index (χ3v) is 3.58. The second-order valence-corrected chi connectivity index (χ2v) is 5.39. The maximum absolute atomic E-state index is 12.3. The summed E-state index contributed by atoms with van der Waals surface area (Å²) in [7, 11) is 2.97. The van der Waals surface area contributed by atoms with E-state index in [0.717, 1.165) is 5.56 Å². The maximum atomic E-state index is 12.3. The first-order valence-corrected chi connectivity index (χ1v) is 7.56. The molecule has 0 amide bonds. The van der Waals surface area contributed by atoms with Gasteiger partial charge in [0.1, 0.15) is 11.5 Å². The number of rotatable bonds is 7. The summed E-state index contributed by atoms with van der Waals surface area (Å²) in [6, 6.07) is 11.7. The molecule has 0 radical (unpaired) electrons. The summed E-state index contributed by atoms with van der Waals surface area (Å²) in [5.41, 5.74) is 1.06. The van der Waals surface area contributed by atoms with E-state index in [9.17, 15) is 9.59 Å². The van der Waals surface area contributed by atoms with Gasteiger partial charge in [0, 0.05) is 5.02 Å². The monoisotopic (exact) mass is 348 g/mol. The van der Waals surface area contributed by atoms with Gasteiger partial charge in [0.05, 0.1) is 26.2 Å². The number of carbonyl (C=O) groups excluding carboxylic acids is 2. The van der Waals surface area contributed by atoms with Crippen LogP contribution in [0.4, 0.5) is 0 Å². The van der Waals surface area contributed by atoms with Gasteiger partial charge < -0.3 is 14.2 Å². The molecular weight excluding hydrogens is 332 g/mol. The standard InChI is InChI=1S/C18H17ClO5/c1-22-14-7-8-17(23-2)15(10-14)16(20)11-24-18(21)9-12-3-5-13(19)6-4-12/h3-8,10H,9,11H2,1-2H3. The molecule has 5 nitrogen and oxygen atoms in total. The molecule has 0 aliphatic rings. The molecule has 2 aromatic carbocycles. The average Bonchev–Trinajstić information content (AvgIpc) is 2.61. The highest BCUT2D eigenvalue weighted by Crippen LogP contribution is 2.24. The summed E-state index contributed by atoms with van der Waals surface area (Å²) in [6.07, 6.45) is 0.0691. The van der Waals surface area contributed by atoms with Crippen LogP contribution >= 0.6 is 11.6 Å². The Morgan fingerprint density at radius 3 is 2.33 bits per heavy atom. The Balaban J connectivity index is 1.97. The minimum atomic E-state index is -0.493. The van der Waals surface area contributed by atoms with Gasteiger partial charge >= 0.3 is 5.97 Å². The molecule has 0 aromatic heterocycles. The van der Waals surface area contributed by atoms with E-state index in [-0.39, 0.29) is 18.8 Å². The lowest BCUT2D eigenvalue weighted by Gasteiger charge is -2.10. The Morgan fingerprint density at radius 2 is 1.71 bits per heavy atom. The van der Waals surface area contributed by atoms with E-state index in [1.165, 1.54) is 14.2 Å². The summed E-state index contributed by atoms with van der Waals surface area (Å²) in [5.74, 6) is 0.0592. The lowest BCUT2D eigenvalue weighted by atomic mass is 10.1. The minimum absolute atomic E-state index is 0.0691. The predicted octanol–water partition coefficient (Wildman–Crippen LogP) is 3.33. The third-order valence-electron chi connectivity index (χ3n) is 3.33. The SMILES string of the molecule is COc1ccc(OC)c(C(=O)COC(=O)Cc2ccc(Cl)cc2)c1. The zero-order chi connectivity index (χ0) is 17.5. The number of Topliss-reactive ketones (excluding diaryl/α,β-unsaturated/α-hetero) is 1. The van der Waals surface area contributed by atoms with Crippen LogP contribution in [0.25, 0.3) is 0 Å². The summed E-state index contributed by atoms with van der Waals surface area (Å²) in [6.45, 7) is -0.365. The van der Waals surface area contributed by atoms with Crippen LogP contribution in [0.3, 0.4) is 0 Å². The Labute approximate surface area is 145 Å². The van der Waals surface area contributed by atoms with Crippen molar-refractivity contribution in [1.82, 2.24) is 0 Å². The van der Waals surface area contributed by atoms with E-state index in [2.05, 4.69) is 0 Å². The Hall–Kier alpha value is -2.53. The highest BCUT2D eigenvalue weighted by Gasteiger charge is 2.16. The highest BCUT2D eigenvalue weighted by atomic mass is 35.5. The number of ether oxygens (including phenoxy) is 3. The number of ketones is 1. The fourth-order valence-electron chi connectivity index (χ4n) is 2.08. The molecule has 0 unspecified atom stereocenters. The van der Waals surface area contributed by atoms with E-state index in [4.69, 9.17) is 25.8 Å². The molecule has 0 aliphatic carbocycles. The van der Waals surface area contributed by atoms with Crippen molar-refractivity contribution in [3.8, 4) is 11.5 Å². The van der Waals surface area contributed by atoms with E-state index in [1.54, 1.807) is 42.5 Å². The van der Waals surface area contributed by atoms with E-state index < -0.39 is 5.97 Å². The zero-order valence-corrected chi connectivity index (χ0v) is 14.1. The van der Waals surface area contributed by atoms with Gasteiger partial charge in [-0.3, -0.25) is 9.59 Å². The van der Waals surface area contributed by atoms with Gasteiger partial charge in [0.2, 0.25) is 5.78 Å². The molecule has 126 valence electrons. The van der Waals surface area contributed by atoms with Crippen molar-refractivity contribution in [3.05, 3.63) is 58.6 Å². The number of methoxy groups -OCH3 is 2. The lowest BCUT2D eigenvalue weighted by Crippen LogP contribution is -2.16. The topological polar surface area (TPSA) is 61.8 Å². The molecule has 2 aromatic rings. The van der Waals surface area contributed by atoms with Crippen molar-refractivity contribution in [2.75, 3.05) is 20.8 Å². The maximum Gasteiger partial charge on any atom is 0.310 e. The molecule has 0 atom stereocenters. The zero-order valence-electron chi connectivity index (χ0n) is 13.4. The Morgan fingerprint density at radius 1 is 1.00 bits per heavy atom. The molecule has 0 aliphatic heterocycles. The summed E-state index contributed by atoms with van der Waals surface area (Å²) in [4.78, 5) is 24.1. The van der Waals surface area contributed by atoms with Crippen LogP contribution < -0.4 is 9.47 Å². The smallest absolute Gasteiger partial charge is 0.310 e. The van der Waals surface area contributed by atoms with Crippen LogP contribution in [0.15, 0.2) is 42.5 Å². The molecule has 0 N–H and O–H groups in total. The second kappa shape index (κ2) is 8.36. The van der Waals surface area contributed by atoms with Crippen molar-refractivity contribution in [1.29, 1.82) is 0 Å². The highest BCUT2D eigenvalue weighted by molar-refractivity contribution is 6.30. The van der Waals surface area contributed by atoms with Crippen LogP contribution in [0, 0.1) is 0 Å². The number of hydrogen-bond donors (Lipinski definition) is 0. The third kappa shape index (κ3) is 4.73. The second-order valence-electron chi connectivity index (χ2n) is 4.95. The fraction of sp³-hybridized carbons (Fsp3) is 0.222. The largest absolute Gasteiger partial charge is 0.497 e. The Kier molecular flexibility index (Phi) is 6.21. The quantitative estimate of drug-likeness (QED) is 0.567. The molecule has 24 heavy (non-hydrogen) atoms. The van der Waals surface area contributed by atoms with Gasteiger partial charge in [0.15, 0.2) is 6.61 Å². The van der Waals surface area contributed by atoms with Crippen LogP contribution in [-0.2, 0) is 16.0 Å².